The van der Waals surface area contributed by atoms with Crippen LogP contribution in [0.25, 0.3) is 0 Å². The second-order valence-corrected chi connectivity index (χ2v) is 8.01. The van der Waals surface area contributed by atoms with Crippen molar-refractivity contribution in [1.82, 2.24) is 4.98 Å². The first-order valence-corrected chi connectivity index (χ1v) is 8.63. The number of aryl methyl sites for hydroxylation is 2. The molecule has 0 aliphatic heterocycles. The summed E-state index contributed by atoms with van der Waals surface area (Å²) in [4.78, 5) is 5.15. The van der Waals surface area contributed by atoms with E-state index in [-0.39, 0.29) is 0 Å². The number of thiazole rings is 1. The van der Waals surface area contributed by atoms with Crippen molar-refractivity contribution in [1.29, 1.82) is 0 Å². The van der Waals surface area contributed by atoms with Gasteiger partial charge in [-0.1, -0.05) is 0 Å². The van der Waals surface area contributed by atoms with Crippen LogP contribution in [-0.2, 0) is 21.4 Å². The fraction of sp³-hybridized carbons (Fsp3) is 0.364. The van der Waals surface area contributed by atoms with E-state index in [0.717, 1.165) is 10.4 Å². The van der Waals surface area contributed by atoms with E-state index in [1.807, 2.05) is 13.8 Å². The van der Waals surface area contributed by atoms with Crippen LogP contribution in [0.15, 0.2) is 15.7 Å². The van der Waals surface area contributed by atoms with Crippen LogP contribution in [0.4, 0.5) is 5.13 Å². The summed E-state index contributed by atoms with van der Waals surface area (Å²) in [5.41, 5.74) is 1.69. The Bertz CT molecular complexity index is 654. The van der Waals surface area contributed by atoms with Crippen LogP contribution in [0.2, 0.25) is 0 Å². The number of rotatable bonds is 5. The molecular formula is C11H14N2O3S3. The Labute approximate surface area is 120 Å². The topological polar surface area (TPSA) is 68.3 Å². The summed E-state index contributed by atoms with van der Waals surface area (Å²) in [6.07, 6.45) is 0. The first-order chi connectivity index (χ1) is 8.92. The number of ether oxygens (including phenoxy) is 1. The van der Waals surface area contributed by atoms with Crippen molar-refractivity contribution in [2.75, 3.05) is 11.8 Å². The summed E-state index contributed by atoms with van der Waals surface area (Å²) < 4.78 is 32.1. The molecule has 0 atom stereocenters. The van der Waals surface area contributed by atoms with Crippen LogP contribution >= 0.6 is 22.7 Å². The van der Waals surface area contributed by atoms with Crippen LogP contribution < -0.4 is 4.72 Å². The third kappa shape index (κ3) is 3.33. The van der Waals surface area contributed by atoms with Gasteiger partial charge in [-0.2, -0.15) is 0 Å². The summed E-state index contributed by atoms with van der Waals surface area (Å²) in [5.74, 6) is 0. The summed E-state index contributed by atoms with van der Waals surface area (Å²) >= 11 is 2.50. The summed E-state index contributed by atoms with van der Waals surface area (Å²) in [6.45, 7) is 4.17. The van der Waals surface area contributed by atoms with Gasteiger partial charge in [0.25, 0.3) is 10.0 Å². The van der Waals surface area contributed by atoms with Crippen LogP contribution in [-0.4, -0.2) is 20.5 Å². The molecule has 0 aromatic carbocycles. The zero-order valence-corrected chi connectivity index (χ0v) is 13.2. The molecule has 5 nitrogen and oxygen atoms in total. The van der Waals surface area contributed by atoms with Gasteiger partial charge in [-0.05, 0) is 25.5 Å². The lowest BCUT2D eigenvalue weighted by Gasteiger charge is -2.01. The molecule has 0 radical (unpaired) electrons. The molecule has 2 aromatic rings. The molecule has 19 heavy (non-hydrogen) atoms. The van der Waals surface area contributed by atoms with Gasteiger partial charge in [-0.15, -0.1) is 22.7 Å². The maximum atomic E-state index is 12.2. The average Bonchev–Trinajstić information content (AvgIpc) is 2.88. The number of hydrogen-bond donors (Lipinski definition) is 1. The molecule has 0 aliphatic carbocycles. The van der Waals surface area contributed by atoms with Gasteiger partial charge in [0.15, 0.2) is 5.13 Å². The molecule has 0 saturated carbocycles. The minimum absolute atomic E-state index is 0.311. The molecule has 2 heterocycles. The SMILES string of the molecule is COCc1csc(NS(=O)(=O)c2cc(C)c(C)s2)n1. The molecule has 0 amide bonds. The molecule has 104 valence electrons. The predicted molar refractivity (Wildman–Crippen MR) is 77.4 cm³/mol. The number of aromatic nitrogens is 1. The highest BCUT2D eigenvalue weighted by Gasteiger charge is 2.19. The predicted octanol–water partition coefficient (Wildman–Crippen LogP) is 2.77. The number of sulfonamides is 1. The molecule has 2 aromatic heterocycles. The van der Waals surface area contributed by atoms with E-state index >= 15 is 0 Å². The Balaban J connectivity index is 2.20. The van der Waals surface area contributed by atoms with Crippen molar-refractivity contribution in [3.63, 3.8) is 0 Å². The lowest BCUT2D eigenvalue weighted by atomic mass is 10.3. The molecule has 0 unspecified atom stereocenters. The van der Waals surface area contributed by atoms with E-state index in [1.54, 1.807) is 18.6 Å². The maximum absolute atomic E-state index is 12.2. The number of methoxy groups -OCH3 is 1. The highest BCUT2D eigenvalue weighted by Crippen LogP contribution is 2.27. The van der Waals surface area contributed by atoms with Gasteiger partial charge in [-0.25, -0.2) is 13.4 Å². The highest BCUT2D eigenvalue weighted by atomic mass is 32.2. The standard InChI is InChI=1S/C11H14N2O3S3/c1-7-4-10(18-8(7)2)19(14,15)13-11-12-9(5-16-3)6-17-11/h4,6H,5H2,1-3H3,(H,12,13). The monoisotopic (exact) mass is 318 g/mol. The van der Waals surface area contributed by atoms with E-state index in [2.05, 4.69) is 9.71 Å². The number of nitrogens with zero attached hydrogens (tertiary/aromatic N) is 1. The van der Waals surface area contributed by atoms with E-state index in [4.69, 9.17) is 4.74 Å². The Morgan fingerprint density at radius 1 is 1.42 bits per heavy atom. The Morgan fingerprint density at radius 2 is 2.16 bits per heavy atom. The summed E-state index contributed by atoms with van der Waals surface area (Å²) in [7, 11) is -1.97. The molecule has 0 saturated heterocycles. The normalized spacial score (nSPS) is 11.7. The van der Waals surface area contributed by atoms with Gasteiger partial charge < -0.3 is 4.74 Å². The molecule has 8 heteroatoms. The number of thiophene rings is 1. The zero-order chi connectivity index (χ0) is 14.0. The largest absolute Gasteiger partial charge is 0.378 e. The average molecular weight is 318 g/mol. The lowest BCUT2D eigenvalue weighted by Crippen LogP contribution is -2.11. The van der Waals surface area contributed by atoms with E-state index in [9.17, 15) is 8.42 Å². The molecule has 2 rings (SSSR count). The second-order valence-electron chi connectivity index (χ2n) is 3.99. The van der Waals surface area contributed by atoms with E-state index in [0.29, 0.717) is 21.6 Å². The first-order valence-electron chi connectivity index (χ1n) is 5.45. The highest BCUT2D eigenvalue weighted by molar-refractivity contribution is 7.94. The number of hydrogen-bond acceptors (Lipinski definition) is 6. The molecule has 1 N–H and O–H groups in total. The van der Waals surface area contributed by atoms with Crippen LogP contribution in [0, 0.1) is 13.8 Å². The molecule has 0 aliphatic rings. The minimum atomic E-state index is -3.54. The van der Waals surface area contributed by atoms with Gasteiger partial charge in [0.05, 0.1) is 12.3 Å². The molecule has 0 bridgehead atoms. The van der Waals surface area contributed by atoms with Gasteiger partial charge in [0.2, 0.25) is 0 Å². The number of nitrogens with one attached hydrogen (secondary N) is 1. The quantitative estimate of drug-likeness (QED) is 0.920. The van der Waals surface area contributed by atoms with Crippen molar-refractivity contribution in [3.05, 3.63) is 27.6 Å². The third-order valence-electron chi connectivity index (χ3n) is 2.47. The Hall–Kier alpha value is -0.960. The summed E-state index contributed by atoms with van der Waals surface area (Å²) in [6, 6.07) is 1.67. The first kappa shape index (κ1) is 14.4. The van der Waals surface area contributed by atoms with Crippen molar-refractivity contribution >= 4 is 37.8 Å². The van der Waals surface area contributed by atoms with Crippen LogP contribution in [0.3, 0.4) is 0 Å². The van der Waals surface area contributed by atoms with E-state index in [1.165, 1.54) is 22.7 Å². The maximum Gasteiger partial charge on any atom is 0.273 e. The van der Waals surface area contributed by atoms with Crippen LogP contribution in [0.5, 0.6) is 0 Å². The molecular weight excluding hydrogens is 304 g/mol. The van der Waals surface area contributed by atoms with Gasteiger partial charge >= 0.3 is 0 Å². The second kappa shape index (κ2) is 5.58. The van der Waals surface area contributed by atoms with Crippen molar-refractivity contribution in [2.45, 2.75) is 24.7 Å². The van der Waals surface area contributed by atoms with Gasteiger partial charge in [-0.3, -0.25) is 4.72 Å². The lowest BCUT2D eigenvalue weighted by molar-refractivity contribution is 0.182. The zero-order valence-electron chi connectivity index (χ0n) is 10.8. The van der Waals surface area contributed by atoms with Crippen molar-refractivity contribution < 1.29 is 13.2 Å². The van der Waals surface area contributed by atoms with Crippen LogP contribution in [0.1, 0.15) is 16.1 Å². The number of anilines is 1. The third-order valence-corrected chi connectivity index (χ3v) is 6.37. The summed E-state index contributed by atoms with van der Waals surface area (Å²) in [5, 5.41) is 2.13. The smallest absolute Gasteiger partial charge is 0.273 e. The minimum Gasteiger partial charge on any atom is -0.378 e. The van der Waals surface area contributed by atoms with Crippen molar-refractivity contribution in [3.8, 4) is 0 Å². The Kier molecular flexibility index (Phi) is 4.24. The van der Waals surface area contributed by atoms with Crippen molar-refractivity contribution in [2.24, 2.45) is 0 Å². The van der Waals surface area contributed by atoms with Gasteiger partial charge in [0, 0.05) is 17.4 Å². The molecule has 0 spiro atoms. The Morgan fingerprint density at radius 3 is 2.74 bits per heavy atom. The van der Waals surface area contributed by atoms with Gasteiger partial charge in [0.1, 0.15) is 4.21 Å². The fourth-order valence-electron chi connectivity index (χ4n) is 1.40. The van der Waals surface area contributed by atoms with E-state index < -0.39 is 10.0 Å². The fourth-order valence-corrected chi connectivity index (χ4v) is 4.87. The molecule has 0 fully saturated rings.